The van der Waals surface area contributed by atoms with Crippen LogP contribution in [0.5, 0.6) is 5.75 Å². The SMILES string of the molecule is Cc1ccc(OC([SiH3])[C@@H]2CCN2C)cc1C(=O)NC1(c2cc(-c3ccc(F)c(Cl)c3)cc3ncccc23)CC1. The van der Waals surface area contributed by atoms with E-state index >= 15 is 0 Å². The molecule has 5 nitrogen and oxygen atoms in total. The third-order valence-electron chi connectivity index (χ3n) is 8.25. The summed E-state index contributed by atoms with van der Waals surface area (Å²) >= 11 is 6.10. The van der Waals surface area contributed by atoms with Crippen LogP contribution >= 0.6 is 11.6 Å². The monoisotopic (exact) mass is 559 g/mol. The lowest BCUT2D eigenvalue weighted by atomic mass is 9.93. The van der Waals surface area contributed by atoms with Gasteiger partial charge in [0.15, 0.2) is 0 Å². The van der Waals surface area contributed by atoms with E-state index in [1.165, 1.54) is 6.07 Å². The molecule has 39 heavy (non-hydrogen) atoms. The van der Waals surface area contributed by atoms with E-state index in [0.29, 0.717) is 11.6 Å². The van der Waals surface area contributed by atoms with Crippen LogP contribution in [0.2, 0.25) is 5.02 Å². The van der Waals surface area contributed by atoms with Gasteiger partial charge >= 0.3 is 0 Å². The molecule has 1 N–H and O–H groups in total. The molecule has 2 heterocycles. The van der Waals surface area contributed by atoms with Gasteiger partial charge in [0.2, 0.25) is 0 Å². The Kier molecular flexibility index (Phi) is 6.69. The summed E-state index contributed by atoms with van der Waals surface area (Å²) in [6.07, 6.45) is 4.55. The lowest BCUT2D eigenvalue weighted by molar-refractivity contribution is 0.0562. The number of halogens is 2. The third kappa shape index (κ3) is 4.95. The zero-order valence-electron chi connectivity index (χ0n) is 22.3. The molecule has 1 saturated heterocycles. The molecule has 2 aliphatic rings. The molecule has 1 amide bonds. The Morgan fingerprint density at radius 1 is 1.18 bits per heavy atom. The number of likely N-dealkylation sites (tertiary alicyclic amines) is 1. The Bertz CT molecular complexity index is 1590. The van der Waals surface area contributed by atoms with Crippen molar-refractivity contribution >= 4 is 38.7 Å². The van der Waals surface area contributed by atoms with Crippen LogP contribution in [-0.4, -0.2) is 51.4 Å². The molecule has 200 valence electrons. The molecule has 0 bridgehead atoms. The van der Waals surface area contributed by atoms with Gasteiger partial charge in [-0.25, -0.2) is 4.39 Å². The van der Waals surface area contributed by atoms with Crippen molar-refractivity contribution in [1.82, 2.24) is 15.2 Å². The van der Waals surface area contributed by atoms with Gasteiger partial charge in [0.25, 0.3) is 5.91 Å². The molecule has 1 aromatic heterocycles. The summed E-state index contributed by atoms with van der Waals surface area (Å²) in [5.74, 6) is 0.164. The number of nitrogens with one attached hydrogen (secondary N) is 1. The topological polar surface area (TPSA) is 54.5 Å². The second kappa shape index (κ2) is 10.0. The standard InChI is InChI=1S/C31H31ClFN3O2Si/c1-18-5-7-21(38-30(39)28-9-13-36(28)2)17-23(18)29(37)35-31(10-11-31)24-14-20(16-27-22(24)4-3-12-34-27)19-6-8-26(33)25(32)15-19/h3-8,12,14-17,28,30H,9-11,13H2,1-2,39H3,(H,35,37)/t28-,30?/m0/s1. The Morgan fingerprint density at radius 3 is 2.69 bits per heavy atom. The smallest absolute Gasteiger partial charge is 0.252 e. The first-order valence-corrected chi connectivity index (χ1v) is 14.9. The molecule has 2 fully saturated rings. The molecule has 4 aromatic rings. The molecule has 1 unspecified atom stereocenters. The number of aromatic nitrogens is 1. The number of pyridine rings is 1. The molecular weight excluding hydrogens is 529 g/mol. The fourth-order valence-electron chi connectivity index (χ4n) is 5.63. The van der Waals surface area contributed by atoms with Crippen LogP contribution in [0.3, 0.4) is 0 Å². The second-order valence-corrected chi connectivity index (χ2v) is 12.4. The molecule has 2 atom stereocenters. The zero-order chi connectivity index (χ0) is 27.3. The Morgan fingerprint density at radius 2 is 2.00 bits per heavy atom. The quantitative estimate of drug-likeness (QED) is 0.316. The van der Waals surface area contributed by atoms with Gasteiger partial charge in [-0.2, -0.15) is 0 Å². The van der Waals surface area contributed by atoms with E-state index < -0.39 is 11.4 Å². The highest BCUT2D eigenvalue weighted by atomic mass is 35.5. The highest BCUT2D eigenvalue weighted by Crippen LogP contribution is 2.49. The second-order valence-electron chi connectivity index (χ2n) is 10.9. The van der Waals surface area contributed by atoms with Crippen LogP contribution in [0, 0.1) is 12.7 Å². The molecular formula is C31H31ClFN3O2Si. The van der Waals surface area contributed by atoms with E-state index in [0.717, 1.165) is 75.0 Å². The Hall–Kier alpha value is -3.26. The maximum atomic E-state index is 13.9. The van der Waals surface area contributed by atoms with Crippen molar-refractivity contribution in [2.45, 2.75) is 43.5 Å². The fraction of sp³-hybridized carbons (Fsp3) is 0.290. The molecule has 6 rings (SSSR count). The summed E-state index contributed by atoms with van der Waals surface area (Å²) < 4.78 is 20.2. The van der Waals surface area contributed by atoms with Crippen LogP contribution in [0.25, 0.3) is 22.0 Å². The lowest BCUT2D eigenvalue weighted by Gasteiger charge is -2.41. The number of aryl methyl sites for hydroxylation is 1. The van der Waals surface area contributed by atoms with Crippen molar-refractivity contribution in [3.63, 3.8) is 0 Å². The average molecular weight is 560 g/mol. The first-order valence-electron chi connectivity index (χ1n) is 13.4. The van der Waals surface area contributed by atoms with Gasteiger partial charge < -0.3 is 15.0 Å². The van der Waals surface area contributed by atoms with Crippen molar-refractivity contribution in [3.05, 3.63) is 94.4 Å². The number of rotatable bonds is 7. The Labute approximate surface area is 235 Å². The molecule has 1 saturated carbocycles. The van der Waals surface area contributed by atoms with Crippen LogP contribution in [0.1, 0.15) is 40.7 Å². The third-order valence-corrected chi connectivity index (χ3v) is 9.55. The number of benzene rings is 3. The van der Waals surface area contributed by atoms with E-state index in [2.05, 4.69) is 28.3 Å². The average Bonchev–Trinajstić information content (AvgIpc) is 3.69. The number of carbonyl (C=O) groups excluding carboxylic acids is 1. The summed E-state index contributed by atoms with van der Waals surface area (Å²) in [7, 11) is 3.04. The van der Waals surface area contributed by atoms with Crippen LogP contribution in [0.15, 0.2) is 66.9 Å². The van der Waals surface area contributed by atoms with Gasteiger partial charge in [-0.15, -0.1) is 0 Å². The predicted octanol–water partition coefficient (Wildman–Crippen LogP) is 5.20. The molecule has 8 heteroatoms. The number of ether oxygens (including phenoxy) is 1. The van der Waals surface area contributed by atoms with Crippen LogP contribution in [0.4, 0.5) is 4.39 Å². The zero-order valence-corrected chi connectivity index (χ0v) is 25.1. The highest BCUT2D eigenvalue weighted by Gasteiger charge is 2.47. The number of fused-ring (bicyclic) bond motifs is 1. The maximum absolute atomic E-state index is 13.9. The van der Waals surface area contributed by atoms with E-state index in [1.807, 2.05) is 43.3 Å². The summed E-state index contributed by atoms with van der Waals surface area (Å²) in [6, 6.07) is 19.0. The number of nitrogens with zero attached hydrogens (tertiary/aromatic N) is 2. The highest BCUT2D eigenvalue weighted by molar-refractivity contribution is 6.31. The number of likely N-dealkylation sites (N-methyl/N-ethyl adjacent to an activating group) is 1. The minimum absolute atomic E-state index is 0.0723. The number of hydrogen-bond acceptors (Lipinski definition) is 4. The Balaban J connectivity index is 1.31. The van der Waals surface area contributed by atoms with E-state index in [1.54, 1.807) is 18.3 Å². The van der Waals surface area contributed by atoms with Crippen molar-refractivity contribution in [2.75, 3.05) is 13.6 Å². The summed E-state index contributed by atoms with van der Waals surface area (Å²) in [6.45, 7) is 3.06. The summed E-state index contributed by atoms with van der Waals surface area (Å²) in [5, 5.41) is 4.42. The van der Waals surface area contributed by atoms with Gasteiger partial charge in [0, 0.05) is 23.2 Å². The van der Waals surface area contributed by atoms with Crippen molar-refractivity contribution in [1.29, 1.82) is 0 Å². The lowest BCUT2D eigenvalue weighted by Crippen LogP contribution is -2.53. The number of hydrogen-bond donors (Lipinski definition) is 1. The first kappa shape index (κ1) is 26.0. The normalized spacial score (nSPS) is 18.9. The predicted molar refractivity (Wildman–Crippen MR) is 157 cm³/mol. The minimum Gasteiger partial charge on any atom is -0.494 e. The summed E-state index contributed by atoms with van der Waals surface area (Å²) in [5.41, 5.74) is 4.71. The molecule has 0 spiro atoms. The van der Waals surface area contributed by atoms with E-state index in [9.17, 15) is 9.18 Å². The van der Waals surface area contributed by atoms with Gasteiger partial charge in [-0.05, 0) is 104 Å². The van der Waals surface area contributed by atoms with Crippen molar-refractivity contribution in [2.24, 2.45) is 0 Å². The van der Waals surface area contributed by atoms with E-state index in [4.69, 9.17) is 16.3 Å². The van der Waals surface area contributed by atoms with Gasteiger partial charge in [0.1, 0.15) is 11.6 Å². The maximum Gasteiger partial charge on any atom is 0.252 e. The molecule has 1 aliphatic carbocycles. The van der Waals surface area contributed by atoms with Gasteiger partial charge in [-0.3, -0.25) is 9.78 Å². The van der Waals surface area contributed by atoms with Gasteiger partial charge in [-0.1, -0.05) is 29.8 Å². The molecule has 3 aromatic carbocycles. The van der Waals surface area contributed by atoms with Crippen molar-refractivity contribution < 1.29 is 13.9 Å². The number of carbonyl (C=O) groups is 1. The molecule has 0 radical (unpaired) electrons. The van der Waals surface area contributed by atoms with Gasteiger partial charge in [0.05, 0.1) is 32.0 Å². The number of amides is 1. The molecule has 1 aliphatic heterocycles. The van der Waals surface area contributed by atoms with Crippen molar-refractivity contribution in [3.8, 4) is 16.9 Å². The fourth-order valence-corrected chi connectivity index (χ4v) is 6.93. The minimum atomic E-state index is -0.504. The van der Waals surface area contributed by atoms with Crippen LogP contribution in [-0.2, 0) is 5.54 Å². The largest absolute Gasteiger partial charge is 0.494 e. The van der Waals surface area contributed by atoms with E-state index in [-0.39, 0.29) is 16.7 Å². The van der Waals surface area contributed by atoms with Crippen LogP contribution < -0.4 is 10.1 Å². The first-order chi connectivity index (χ1) is 18.7. The summed E-state index contributed by atoms with van der Waals surface area (Å²) in [4.78, 5) is 20.6.